The average Bonchev–Trinajstić information content (AvgIpc) is 3.72. The first-order chi connectivity index (χ1) is 26.5. The van der Waals surface area contributed by atoms with Crippen molar-refractivity contribution in [2.24, 2.45) is 0 Å². The van der Waals surface area contributed by atoms with E-state index in [1.807, 2.05) is 17.4 Å². The van der Waals surface area contributed by atoms with Crippen LogP contribution in [-0.2, 0) is 5.41 Å². The molecule has 0 unspecified atom stereocenters. The van der Waals surface area contributed by atoms with Gasteiger partial charge >= 0.3 is 0 Å². The zero-order chi connectivity index (χ0) is 36.0. The Balaban J connectivity index is 1.09. The van der Waals surface area contributed by atoms with Crippen LogP contribution in [0.1, 0.15) is 25.0 Å². The van der Waals surface area contributed by atoms with Crippen molar-refractivity contribution >= 4 is 53.1 Å². The zero-order valence-corrected chi connectivity index (χ0v) is 30.8. The summed E-state index contributed by atoms with van der Waals surface area (Å²) in [4.78, 5) is 10.5. The second-order valence-corrected chi connectivity index (χ2v) is 16.0. The van der Waals surface area contributed by atoms with Crippen molar-refractivity contribution < 1.29 is 0 Å². The van der Waals surface area contributed by atoms with E-state index in [1.54, 1.807) is 0 Å². The Labute approximate surface area is 318 Å². The summed E-state index contributed by atoms with van der Waals surface area (Å²) in [6, 6.07) is 61.6. The van der Waals surface area contributed by atoms with E-state index in [4.69, 9.17) is 9.97 Å². The van der Waals surface area contributed by atoms with Gasteiger partial charge in [-0.05, 0) is 73.1 Å². The fourth-order valence-electron chi connectivity index (χ4n) is 8.93. The summed E-state index contributed by atoms with van der Waals surface area (Å²) in [6.07, 6.45) is 0. The first kappa shape index (κ1) is 31.1. The lowest BCUT2D eigenvalue weighted by Crippen LogP contribution is -2.15. The molecule has 0 radical (unpaired) electrons. The van der Waals surface area contributed by atoms with Crippen molar-refractivity contribution in [2.75, 3.05) is 0 Å². The summed E-state index contributed by atoms with van der Waals surface area (Å²) < 4.78 is 2.53. The molecule has 0 saturated heterocycles. The van der Waals surface area contributed by atoms with Crippen LogP contribution in [0.25, 0.3) is 97.9 Å². The number of benzene rings is 8. The van der Waals surface area contributed by atoms with Gasteiger partial charge in [0.1, 0.15) is 0 Å². The zero-order valence-electron chi connectivity index (χ0n) is 30.0. The molecule has 1 aliphatic rings. The molecule has 1 aliphatic carbocycles. The topological polar surface area (TPSA) is 25.8 Å². The van der Waals surface area contributed by atoms with Gasteiger partial charge in [0.25, 0.3) is 0 Å². The van der Waals surface area contributed by atoms with E-state index in [2.05, 4.69) is 178 Å². The first-order valence-corrected chi connectivity index (χ1v) is 19.4. The van der Waals surface area contributed by atoms with E-state index in [-0.39, 0.29) is 5.41 Å². The maximum absolute atomic E-state index is 5.28. The smallest absolute Gasteiger partial charge is 0.160 e. The molecule has 0 atom stereocenters. The lowest BCUT2D eigenvalue weighted by atomic mass is 9.79. The van der Waals surface area contributed by atoms with Crippen molar-refractivity contribution in [3.63, 3.8) is 0 Å². The molecule has 54 heavy (non-hydrogen) atoms. The van der Waals surface area contributed by atoms with Crippen molar-refractivity contribution in [3.8, 4) is 56.2 Å². The van der Waals surface area contributed by atoms with Gasteiger partial charge in [0, 0.05) is 42.3 Å². The Morgan fingerprint density at radius 2 is 1.06 bits per heavy atom. The minimum atomic E-state index is -0.125. The molecule has 0 N–H and O–H groups in total. The van der Waals surface area contributed by atoms with Crippen LogP contribution in [0.4, 0.5) is 0 Å². The largest absolute Gasteiger partial charge is 0.228 e. The number of thiophene rings is 1. The maximum atomic E-state index is 5.28. The van der Waals surface area contributed by atoms with Crippen LogP contribution in [0.2, 0.25) is 0 Å². The first-order valence-electron chi connectivity index (χ1n) is 18.6. The lowest BCUT2D eigenvalue weighted by molar-refractivity contribution is 0.666. The van der Waals surface area contributed by atoms with Gasteiger partial charge in [0.05, 0.1) is 11.4 Å². The highest BCUT2D eigenvalue weighted by molar-refractivity contribution is 7.26. The minimum absolute atomic E-state index is 0.125. The molecule has 0 aliphatic heterocycles. The molecular formula is C51H34N2S. The summed E-state index contributed by atoms with van der Waals surface area (Å²) in [5, 5.41) is 7.57. The van der Waals surface area contributed by atoms with Crippen molar-refractivity contribution in [3.05, 3.63) is 181 Å². The van der Waals surface area contributed by atoms with Gasteiger partial charge < -0.3 is 0 Å². The summed E-state index contributed by atoms with van der Waals surface area (Å²) in [5.41, 5.74) is 12.9. The predicted molar refractivity (Wildman–Crippen MR) is 229 cm³/mol. The normalized spacial score (nSPS) is 13.1. The average molecular weight is 707 g/mol. The molecule has 0 fully saturated rings. The molecule has 254 valence electrons. The second-order valence-electron chi connectivity index (χ2n) is 14.9. The highest BCUT2D eigenvalue weighted by Crippen LogP contribution is 2.52. The third-order valence-electron chi connectivity index (χ3n) is 11.5. The van der Waals surface area contributed by atoms with Gasteiger partial charge in [0.2, 0.25) is 0 Å². The molecule has 2 heterocycles. The SMILES string of the molecule is CC1(C)c2cc(-c3ccc(-c4cc(-c5cccc6c5sc5ccccc56)nc(-c5ccccc5)n4)c4ccccc34)ccc2-c2ccc3ccccc3c21. The maximum Gasteiger partial charge on any atom is 0.160 e. The highest BCUT2D eigenvalue weighted by atomic mass is 32.1. The lowest BCUT2D eigenvalue weighted by Gasteiger charge is -2.24. The van der Waals surface area contributed by atoms with Gasteiger partial charge in [-0.15, -0.1) is 11.3 Å². The third-order valence-corrected chi connectivity index (χ3v) is 12.7. The third kappa shape index (κ3) is 4.65. The molecule has 3 heteroatoms. The monoisotopic (exact) mass is 706 g/mol. The second kappa shape index (κ2) is 11.8. The fourth-order valence-corrected chi connectivity index (χ4v) is 10.2. The van der Waals surface area contributed by atoms with E-state index in [0.717, 1.165) is 33.9 Å². The van der Waals surface area contributed by atoms with Gasteiger partial charge in [-0.1, -0.05) is 166 Å². The van der Waals surface area contributed by atoms with E-state index in [0.29, 0.717) is 0 Å². The molecule has 11 rings (SSSR count). The van der Waals surface area contributed by atoms with Gasteiger partial charge in [-0.2, -0.15) is 0 Å². The molecule has 10 aromatic rings. The van der Waals surface area contributed by atoms with Gasteiger partial charge in [-0.3, -0.25) is 0 Å². The Hall–Kier alpha value is -6.42. The fraction of sp³-hybridized carbons (Fsp3) is 0.0588. The summed E-state index contributed by atoms with van der Waals surface area (Å²) in [6.45, 7) is 4.76. The summed E-state index contributed by atoms with van der Waals surface area (Å²) in [5.74, 6) is 0.724. The van der Waals surface area contributed by atoms with E-state index >= 15 is 0 Å². The van der Waals surface area contributed by atoms with Crippen LogP contribution < -0.4 is 0 Å². The van der Waals surface area contributed by atoms with Crippen LogP contribution in [0.5, 0.6) is 0 Å². The van der Waals surface area contributed by atoms with Gasteiger partial charge in [-0.25, -0.2) is 9.97 Å². The van der Waals surface area contributed by atoms with Crippen LogP contribution in [0.3, 0.4) is 0 Å². The van der Waals surface area contributed by atoms with E-state index < -0.39 is 0 Å². The van der Waals surface area contributed by atoms with E-state index in [9.17, 15) is 0 Å². The number of nitrogens with zero attached hydrogens (tertiary/aromatic N) is 2. The number of hydrogen-bond acceptors (Lipinski definition) is 3. The Kier molecular flexibility index (Phi) is 6.80. The predicted octanol–water partition coefficient (Wildman–Crippen LogP) is 14.1. The summed E-state index contributed by atoms with van der Waals surface area (Å²) in [7, 11) is 0. The number of fused-ring (bicyclic) bond motifs is 9. The minimum Gasteiger partial charge on any atom is -0.228 e. The number of hydrogen-bond donors (Lipinski definition) is 0. The quantitative estimate of drug-likeness (QED) is 0.182. The Bertz CT molecular complexity index is 3130. The molecule has 0 spiro atoms. The van der Waals surface area contributed by atoms with Crippen molar-refractivity contribution in [1.82, 2.24) is 9.97 Å². The van der Waals surface area contributed by atoms with Crippen LogP contribution in [0.15, 0.2) is 170 Å². The summed E-state index contributed by atoms with van der Waals surface area (Å²) >= 11 is 1.83. The van der Waals surface area contributed by atoms with Crippen LogP contribution in [0, 0.1) is 0 Å². The molecular weight excluding hydrogens is 673 g/mol. The number of rotatable bonds is 4. The molecule has 2 nitrogen and oxygen atoms in total. The van der Waals surface area contributed by atoms with E-state index in [1.165, 1.54) is 75.1 Å². The van der Waals surface area contributed by atoms with Crippen LogP contribution in [-0.4, -0.2) is 9.97 Å². The highest BCUT2D eigenvalue weighted by Gasteiger charge is 2.37. The Morgan fingerprint density at radius 1 is 0.426 bits per heavy atom. The van der Waals surface area contributed by atoms with Crippen molar-refractivity contribution in [2.45, 2.75) is 19.3 Å². The molecule has 0 bridgehead atoms. The molecule has 0 amide bonds. The molecule has 2 aromatic heterocycles. The number of aromatic nitrogens is 2. The van der Waals surface area contributed by atoms with Crippen molar-refractivity contribution in [1.29, 1.82) is 0 Å². The van der Waals surface area contributed by atoms with Gasteiger partial charge in [0.15, 0.2) is 5.82 Å². The standard InChI is InChI=1S/C51H34N2S/c1-51(2)44-29-33(24-25-38(44)41-26-23-31-13-6-7-16-35(31)48(41)51)34-27-28-39(37-18-9-8-17-36(34)37)45-30-46(53-50(52-45)32-14-4-3-5-15-32)43-21-12-20-42-40-19-10-11-22-47(40)54-49(42)43/h3-30H,1-2H3. The molecule has 0 saturated carbocycles. The molecule has 8 aromatic carbocycles. The van der Waals surface area contributed by atoms with Crippen LogP contribution >= 0.6 is 11.3 Å². The Morgan fingerprint density at radius 3 is 1.89 bits per heavy atom.